The predicted octanol–water partition coefficient (Wildman–Crippen LogP) is 4.22. The van der Waals surface area contributed by atoms with E-state index >= 15 is 0 Å². The van der Waals surface area contributed by atoms with Gasteiger partial charge in [0.1, 0.15) is 5.75 Å². The number of piperidine rings is 1. The number of para-hydroxylation sites is 1. The zero-order valence-electron chi connectivity index (χ0n) is 18.5. The van der Waals surface area contributed by atoms with Crippen LogP contribution in [0.5, 0.6) is 5.75 Å². The number of hydrogen-bond donors (Lipinski definition) is 2. The van der Waals surface area contributed by atoms with Crippen LogP contribution < -0.4 is 15.4 Å². The fourth-order valence-electron chi connectivity index (χ4n) is 4.25. The molecule has 6 nitrogen and oxygen atoms in total. The van der Waals surface area contributed by atoms with E-state index in [2.05, 4.69) is 45.0 Å². The number of fused-ring (bicyclic) bond motifs is 1. The summed E-state index contributed by atoms with van der Waals surface area (Å²) in [5, 5.41) is 10.6. The second-order valence-corrected chi connectivity index (χ2v) is 9.07. The van der Waals surface area contributed by atoms with Gasteiger partial charge in [-0.1, -0.05) is 25.1 Å². The Kier molecular flexibility index (Phi) is 9.40. The van der Waals surface area contributed by atoms with Crippen LogP contribution in [-0.2, 0) is 13.0 Å². The first-order valence-electron chi connectivity index (χ1n) is 11.1. The summed E-state index contributed by atoms with van der Waals surface area (Å²) in [5.41, 5.74) is 2.45. The highest BCUT2D eigenvalue weighted by Gasteiger charge is 2.23. The molecule has 4 rings (SSSR count). The van der Waals surface area contributed by atoms with Gasteiger partial charge >= 0.3 is 0 Å². The lowest BCUT2D eigenvalue weighted by Crippen LogP contribution is -2.44. The third-order valence-electron chi connectivity index (χ3n) is 6.05. The number of ether oxygens (including phenoxy) is 1. The lowest BCUT2D eigenvalue weighted by molar-refractivity contribution is 0.176. The zero-order chi connectivity index (χ0) is 20.8. The van der Waals surface area contributed by atoms with Crippen molar-refractivity contribution in [2.45, 2.75) is 45.2 Å². The molecule has 0 aliphatic carbocycles. The van der Waals surface area contributed by atoms with E-state index in [-0.39, 0.29) is 30.0 Å². The third kappa shape index (κ3) is 6.55. The van der Waals surface area contributed by atoms with E-state index in [9.17, 15) is 0 Å². The molecule has 2 aromatic rings. The molecule has 170 valence electrons. The highest BCUT2D eigenvalue weighted by atomic mass is 127. The number of halogens is 1. The molecule has 8 heteroatoms. The number of aromatic nitrogens is 1. The number of thiazole rings is 1. The van der Waals surface area contributed by atoms with E-state index in [0.717, 1.165) is 57.3 Å². The standard InChI is InChI=1S/C23H33N5OS.HI/c1-3-22-26-18(16-30-22)15-28-11-8-17(9-12-28)14-25-23(24-2)27-20-10-13-29-21-7-5-4-6-19(20)21;/h4-7,16-17,20H,3,8-15H2,1-2H3,(H2,24,25,27);1H. The quantitative estimate of drug-likeness (QED) is 0.318. The predicted molar refractivity (Wildman–Crippen MR) is 139 cm³/mol. The summed E-state index contributed by atoms with van der Waals surface area (Å²) in [6, 6.07) is 8.52. The molecule has 1 fully saturated rings. The van der Waals surface area contributed by atoms with Crippen LogP contribution in [0.4, 0.5) is 0 Å². The number of nitrogens with zero attached hydrogens (tertiary/aromatic N) is 3. The minimum Gasteiger partial charge on any atom is -0.493 e. The van der Waals surface area contributed by atoms with Crippen molar-refractivity contribution in [1.29, 1.82) is 0 Å². The first kappa shape index (κ1) is 24.3. The van der Waals surface area contributed by atoms with Gasteiger partial charge in [0.05, 0.1) is 23.4 Å². The van der Waals surface area contributed by atoms with Crippen LogP contribution in [0.2, 0.25) is 0 Å². The maximum Gasteiger partial charge on any atom is 0.191 e. The smallest absolute Gasteiger partial charge is 0.191 e. The molecule has 0 amide bonds. The van der Waals surface area contributed by atoms with E-state index in [4.69, 9.17) is 9.72 Å². The molecular weight excluding hydrogens is 521 g/mol. The summed E-state index contributed by atoms with van der Waals surface area (Å²) in [6.45, 7) is 7.15. The fourth-order valence-corrected chi connectivity index (χ4v) is 4.99. The molecule has 0 radical (unpaired) electrons. The van der Waals surface area contributed by atoms with Gasteiger partial charge in [0.2, 0.25) is 0 Å². The minimum absolute atomic E-state index is 0. The van der Waals surface area contributed by atoms with E-state index in [1.165, 1.54) is 29.1 Å². The van der Waals surface area contributed by atoms with Gasteiger partial charge in [0.15, 0.2) is 5.96 Å². The van der Waals surface area contributed by atoms with Crippen molar-refractivity contribution in [2.75, 3.05) is 33.3 Å². The Labute approximate surface area is 206 Å². The van der Waals surface area contributed by atoms with Gasteiger partial charge in [0.25, 0.3) is 0 Å². The summed E-state index contributed by atoms with van der Waals surface area (Å²) < 4.78 is 5.78. The second-order valence-electron chi connectivity index (χ2n) is 8.13. The van der Waals surface area contributed by atoms with Crippen LogP contribution in [0.25, 0.3) is 0 Å². The Balaban J connectivity index is 0.00000272. The lowest BCUT2D eigenvalue weighted by atomic mass is 9.96. The molecule has 2 aliphatic rings. The van der Waals surface area contributed by atoms with Crippen molar-refractivity contribution < 1.29 is 4.74 Å². The SMILES string of the molecule is CCc1nc(CN2CCC(CNC(=NC)NC3CCOc4ccccc43)CC2)cs1.I. The van der Waals surface area contributed by atoms with Crippen LogP contribution >= 0.6 is 35.3 Å². The number of nitrogens with one attached hydrogen (secondary N) is 2. The molecular formula is C23H34IN5OS. The largest absolute Gasteiger partial charge is 0.493 e. The van der Waals surface area contributed by atoms with Crippen molar-refractivity contribution in [3.8, 4) is 5.75 Å². The molecule has 3 heterocycles. The highest BCUT2D eigenvalue weighted by Crippen LogP contribution is 2.31. The van der Waals surface area contributed by atoms with Crippen molar-refractivity contribution in [3.05, 3.63) is 45.9 Å². The number of benzene rings is 1. The third-order valence-corrected chi connectivity index (χ3v) is 7.09. The Morgan fingerprint density at radius 2 is 2.06 bits per heavy atom. The normalized spacial score (nSPS) is 19.8. The summed E-state index contributed by atoms with van der Waals surface area (Å²) in [7, 11) is 1.85. The van der Waals surface area contributed by atoms with E-state index in [1.807, 2.05) is 19.2 Å². The van der Waals surface area contributed by atoms with Gasteiger partial charge in [-0.15, -0.1) is 35.3 Å². The molecule has 2 aliphatic heterocycles. The molecule has 0 bridgehead atoms. The molecule has 1 unspecified atom stereocenters. The molecule has 2 N–H and O–H groups in total. The summed E-state index contributed by atoms with van der Waals surface area (Å²) >= 11 is 1.79. The number of guanidine groups is 1. The van der Waals surface area contributed by atoms with Crippen molar-refractivity contribution in [2.24, 2.45) is 10.9 Å². The van der Waals surface area contributed by atoms with E-state index < -0.39 is 0 Å². The van der Waals surface area contributed by atoms with Gasteiger partial charge in [0, 0.05) is 37.5 Å². The molecule has 1 atom stereocenters. The second kappa shape index (κ2) is 12.0. The van der Waals surface area contributed by atoms with Gasteiger partial charge in [-0.3, -0.25) is 9.89 Å². The highest BCUT2D eigenvalue weighted by molar-refractivity contribution is 14.0. The average molecular weight is 556 g/mol. The van der Waals surface area contributed by atoms with Crippen LogP contribution in [0, 0.1) is 5.92 Å². The molecule has 1 aromatic heterocycles. The van der Waals surface area contributed by atoms with Gasteiger partial charge in [-0.2, -0.15) is 0 Å². The molecule has 31 heavy (non-hydrogen) atoms. The maximum absolute atomic E-state index is 5.78. The summed E-state index contributed by atoms with van der Waals surface area (Å²) in [4.78, 5) is 11.7. The Hall–Kier alpha value is -1.39. The van der Waals surface area contributed by atoms with Gasteiger partial charge < -0.3 is 15.4 Å². The summed E-state index contributed by atoms with van der Waals surface area (Å²) in [5.74, 6) is 2.55. The van der Waals surface area contributed by atoms with Crippen molar-refractivity contribution in [3.63, 3.8) is 0 Å². The Bertz CT molecular complexity index is 850. The molecule has 1 saturated heterocycles. The van der Waals surface area contributed by atoms with Crippen LogP contribution in [-0.4, -0.2) is 49.1 Å². The fraction of sp³-hybridized carbons (Fsp3) is 0.565. The van der Waals surface area contributed by atoms with E-state index in [0.29, 0.717) is 5.92 Å². The number of hydrogen-bond acceptors (Lipinski definition) is 5. The molecule has 0 saturated carbocycles. The van der Waals surface area contributed by atoms with Crippen molar-refractivity contribution in [1.82, 2.24) is 20.5 Å². The van der Waals surface area contributed by atoms with Crippen LogP contribution in [0.3, 0.4) is 0 Å². The number of likely N-dealkylation sites (tertiary alicyclic amines) is 1. The summed E-state index contributed by atoms with van der Waals surface area (Å²) in [6.07, 6.45) is 4.42. The topological polar surface area (TPSA) is 61.8 Å². The monoisotopic (exact) mass is 555 g/mol. The maximum atomic E-state index is 5.78. The van der Waals surface area contributed by atoms with Crippen molar-refractivity contribution >= 4 is 41.3 Å². The zero-order valence-corrected chi connectivity index (χ0v) is 21.6. The van der Waals surface area contributed by atoms with Gasteiger partial charge in [-0.05, 0) is 44.3 Å². The Morgan fingerprint density at radius 3 is 2.81 bits per heavy atom. The van der Waals surface area contributed by atoms with Gasteiger partial charge in [-0.25, -0.2) is 4.98 Å². The van der Waals surface area contributed by atoms with Crippen LogP contribution in [0.15, 0.2) is 34.6 Å². The molecule has 0 spiro atoms. The number of aryl methyl sites for hydroxylation is 1. The first-order chi connectivity index (χ1) is 14.7. The number of rotatable bonds is 6. The number of aliphatic imine (C=N–C) groups is 1. The molecule has 1 aromatic carbocycles. The Morgan fingerprint density at radius 1 is 1.26 bits per heavy atom. The lowest BCUT2D eigenvalue weighted by Gasteiger charge is -2.32. The first-order valence-corrected chi connectivity index (χ1v) is 12.0. The van der Waals surface area contributed by atoms with E-state index in [1.54, 1.807) is 11.3 Å². The average Bonchev–Trinajstić information content (AvgIpc) is 3.25. The minimum atomic E-state index is 0. The van der Waals surface area contributed by atoms with Crippen LogP contribution in [0.1, 0.15) is 48.5 Å².